The summed E-state index contributed by atoms with van der Waals surface area (Å²) in [6, 6.07) is 11.9. The van der Waals surface area contributed by atoms with Crippen LogP contribution in [0, 0.1) is 11.3 Å². The number of aromatic nitrogens is 2. The Morgan fingerprint density at radius 1 is 1.25 bits per heavy atom. The quantitative estimate of drug-likeness (QED) is 0.922. The average Bonchev–Trinajstić information content (AvgIpc) is 3.05. The number of nitrogens with zero attached hydrogens (tertiary/aromatic N) is 2. The van der Waals surface area contributed by atoms with E-state index in [1.165, 1.54) is 12.8 Å². The minimum absolute atomic E-state index is 0.200. The number of rotatable bonds is 3. The van der Waals surface area contributed by atoms with E-state index in [4.69, 9.17) is 0 Å². The molecule has 0 spiro atoms. The maximum Gasteiger partial charge on any atom is 0.0994 e. The van der Waals surface area contributed by atoms with Gasteiger partial charge in [-0.2, -0.15) is 5.10 Å². The molecule has 2 atom stereocenters. The predicted molar refractivity (Wildman–Crippen MR) is 79.6 cm³/mol. The number of para-hydroxylation sites is 1. The molecule has 1 saturated carbocycles. The fourth-order valence-electron chi connectivity index (χ4n) is 3.47. The Kier molecular flexibility index (Phi) is 3.38. The molecule has 0 bridgehead atoms. The van der Waals surface area contributed by atoms with Crippen molar-refractivity contribution in [1.29, 1.82) is 0 Å². The summed E-state index contributed by atoms with van der Waals surface area (Å²) in [5.74, 6) is 0.307. The lowest BCUT2D eigenvalue weighted by molar-refractivity contribution is 0.0481. The number of hydrogen-bond acceptors (Lipinski definition) is 2. The van der Waals surface area contributed by atoms with E-state index in [1.807, 2.05) is 41.1 Å². The van der Waals surface area contributed by atoms with Crippen LogP contribution in [0.2, 0.25) is 0 Å². The maximum absolute atomic E-state index is 10.8. The molecule has 20 heavy (non-hydrogen) atoms. The Morgan fingerprint density at radius 3 is 2.65 bits per heavy atom. The van der Waals surface area contributed by atoms with E-state index in [2.05, 4.69) is 18.9 Å². The molecule has 0 radical (unpaired) electrons. The van der Waals surface area contributed by atoms with Gasteiger partial charge in [0, 0.05) is 6.20 Å². The summed E-state index contributed by atoms with van der Waals surface area (Å²) < 4.78 is 1.86. The molecule has 0 amide bonds. The molecular weight excluding hydrogens is 248 g/mol. The first-order valence-corrected chi connectivity index (χ1v) is 7.37. The molecule has 3 nitrogen and oxygen atoms in total. The molecule has 0 saturated heterocycles. The first-order valence-electron chi connectivity index (χ1n) is 7.37. The normalized spacial score (nSPS) is 22.9. The van der Waals surface area contributed by atoms with Gasteiger partial charge >= 0.3 is 0 Å². The van der Waals surface area contributed by atoms with Crippen molar-refractivity contribution in [3.05, 3.63) is 48.3 Å². The van der Waals surface area contributed by atoms with Gasteiger partial charge in [0.05, 0.1) is 17.5 Å². The van der Waals surface area contributed by atoms with Crippen LogP contribution in [0.1, 0.15) is 44.9 Å². The van der Waals surface area contributed by atoms with Crippen LogP contribution in [0.5, 0.6) is 0 Å². The van der Waals surface area contributed by atoms with Crippen molar-refractivity contribution in [3.63, 3.8) is 0 Å². The van der Waals surface area contributed by atoms with Gasteiger partial charge in [-0.3, -0.25) is 0 Å². The highest BCUT2D eigenvalue weighted by molar-refractivity contribution is 5.33. The fourth-order valence-corrected chi connectivity index (χ4v) is 3.47. The predicted octanol–water partition coefficient (Wildman–Crippen LogP) is 3.73. The summed E-state index contributed by atoms with van der Waals surface area (Å²) in [7, 11) is 0. The Bertz CT molecular complexity index is 574. The Balaban J connectivity index is 1.94. The van der Waals surface area contributed by atoms with Crippen LogP contribution in [-0.2, 0) is 0 Å². The van der Waals surface area contributed by atoms with Gasteiger partial charge in [-0.05, 0) is 42.4 Å². The smallest absolute Gasteiger partial charge is 0.0994 e. The topological polar surface area (TPSA) is 38.1 Å². The number of hydrogen-bond donors (Lipinski definition) is 1. The van der Waals surface area contributed by atoms with Gasteiger partial charge in [0.25, 0.3) is 0 Å². The van der Waals surface area contributed by atoms with Crippen molar-refractivity contribution in [2.75, 3.05) is 0 Å². The van der Waals surface area contributed by atoms with E-state index in [9.17, 15) is 5.11 Å². The summed E-state index contributed by atoms with van der Waals surface area (Å²) in [6.45, 7) is 4.52. The summed E-state index contributed by atoms with van der Waals surface area (Å²) >= 11 is 0. The van der Waals surface area contributed by atoms with Gasteiger partial charge < -0.3 is 5.11 Å². The van der Waals surface area contributed by atoms with Crippen LogP contribution >= 0.6 is 0 Å². The highest BCUT2D eigenvalue weighted by Crippen LogP contribution is 2.48. The highest BCUT2D eigenvalue weighted by Gasteiger charge is 2.40. The third kappa shape index (κ3) is 2.27. The van der Waals surface area contributed by atoms with Gasteiger partial charge in [0.2, 0.25) is 0 Å². The van der Waals surface area contributed by atoms with Crippen molar-refractivity contribution in [2.24, 2.45) is 11.3 Å². The van der Waals surface area contributed by atoms with E-state index in [0.29, 0.717) is 5.92 Å². The second-order valence-corrected chi connectivity index (χ2v) is 6.44. The first-order chi connectivity index (χ1) is 9.59. The molecule has 106 valence electrons. The van der Waals surface area contributed by atoms with Crippen LogP contribution < -0.4 is 0 Å². The largest absolute Gasteiger partial charge is 0.386 e. The molecule has 1 aliphatic rings. The zero-order valence-corrected chi connectivity index (χ0v) is 12.2. The molecule has 1 heterocycles. The van der Waals surface area contributed by atoms with E-state index < -0.39 is 6.10 Å². The molecule has 1 aromatic heterocycles. The van der Waals surface area contributed by atoms with Crippen LogP contribution in [0.4, 0.5) is 0 Å². The molecule has 2 unspecified atom stereocenters. The molecule has 2 aromatic rings. The van der Waals surface area contributed by atoms with Gasteiger partial charge in [0.1, 0.15) is 0 Å². The Labute approximate surface area is 120 Å². The standard InChI is InChI=1S/C17H22N2O/c1-17(2)11-6-9-14(17)16(20)15-10-12-18-19(15)13-7-4-3-5-8-13/h3-5,7-8,10,12,14,16,20H,6,9,11H2,1-2H3. The summed E-state index contributed by atoms with van der Waals surface area (Å²) in [5, 5.41) is 15.2. The second-order valence-electron chi connectivity index (χ2n) is 6.44. The van der Waals surface area contributed by atoms with Crippen LogP contribution in [-0.4, -0.2) is 14.9 Å². The molecule has 0 aliphatic heterocycles. The SMILES string of the molecule is CC1(C)CCCC1C(O)c1ccnn1-c1ccccc1. The van der Waals surface area contributed by atoms with Crippen LogP contribution in [0.15, 0.2) is 42.6 Å². The van der Waals surface area contributed by atoms with Gasteiger partial charge in [-0.25, -0.2) is 4.68 Å². The Hall–Kier alpha value is -1.61. The maximum atomic E-state index is 10.8. The number of aliphatic hydroxyl groups excluding tert-OH is 1. The minimum atomic E-state index is -0.449. The lowest BCUT2D eigenvalue weighted by Gasteiger charge is -2.31. The summed E-state index contributed by atoms with van der Waals surface area (Å²) in [5.41, 5.74) is 2.10. The summed E-state index contributed by atoms with van der Waals surface area (Å²) in [4.78, 5) is 0. The van der Waals surface area contributed by atoms with Crippen molar-refractivity contribution >= 4 is 0 Å². The number of aliphatic hydroxyl groups is 1. The summed E-state index contributed by atoms with van der Waals surface area (Å²) in [6.07, 6.45) is 4.81. The van der Waals surface area contributed by atoms with Gasteiger partial charge in [-0.1, -0.05) is 38.5 Å². The zero-order valence-electron chi connectivity index (χ0n) is 12.2. The van der Waals surface area contributed by atoms with E-state index in [-0.39, 0.29) is 5.41 Å². The lowest BCUT2D eigenvalue weighted by Crippen LogP contribution is -2.25. The molecule has 1 aliphatic carbocycles. The molecule has 1 aromatic carbocycles. The van der Waals surface area contributed by atoms with Gasteiger partial charge in [0.15, 0.2) is 0 Å². The minimum Gasteiger partial charge on any atom is -0.386 e. The highest BCUT2D eigenvalue weighted by atomic mass is 16.3. The fraction of sp³-hybridized carbons (Fsp3) is 0.471. The van der Waals surface area contributed by atoms with Crippen molar-refractivity contribution < 1.29 is 5.11 Å². The third-order valence-electron chi connectivity index (χ3n) is 4.70. The average molecular weight is 270 g/mol. The van der Waals surface area contributed by atoms with Crippen molar-refractivity contribution in [3.8, 4) is 5.69 Å². The third-order valence-corrected chi connectivity index (χ3v) is 4.70. The first kappa shape index (κ1) is 13.4. The van der Waals surface area contributed by atoms with Crippen LogP contribution in [0.3, 0.4) is 0 Å². The second kappa shape index (κ2) is 5.06. The monoisotopic (exact) mass is 270 g/mol. The van der Waals surface area contributed by atoms with E-state index in [1.54, 1.807) is 6.20 Å². The lowest BCUT2D eigenvalue weighted by atomic mass is 9.78. The zero-order chi connectivity index (χ0) is 14.2. The molecule has 1 fully saturated rings. The van der Waals surface area contributed by atoms with E-state index >= 15 is 0 Å². The molecule has 1 N–H and O–H groups in total. The molecule has 3 heteroatoms. The van der Waals surface area contributed by atoms with E-state index in [0.717, 1.165) is 17.8 Å². The Morgan fingerprint density at radius 2 is 2.00 bits per heavy atom. The van der Waals surface area contributed by atoms with Crippen LogP contribution in [0.25, 0.3) is 5.69 Å². The van der Waals surface area contributed by atoms with Crippen molar-refractivity contribution in [1.82, 2.24) is 9.78 Å². The molecular formula is C17H22N2O. The molecule has 3 rings (SSSR count). The van der Waals surface area contributed by atoms with Gasteiger partial charge in [-0.15, -0.1) is 0 Å². The van der Waals surface area contributed by atoms with Crippen molar-refractivity contribution in [2.45, 2.75) is 39.2 Å². The number of benzene rings is 1.